The number of allylic oxidation sites excluding steroid dienone is 7. The third-order valence-electron chi connectivity index (χ3n) is 15.1. The Morgan fingerprint density at radius 3 is 1.04 bits per heavy atom. The predicted octanol–water partition coefficient (Wildman–Crippen LogP) is 20.9. The number of esters is 1. The van der Waals surface area contributed by atoms with Gasteiger partial charge in [-0.25, -0.2) is 0 Å². The molecule has 0 fully saturated rings. The normalized spacial score (nSPS) is 12.9. The van der Waals surface area contributed by atoms with Gasteiger partial charge in [0.15, 0.2) is 0 Å². The fraction of sp³-hybridized carbons (Fsp3) is 0.853. The van der Waals surface area contributed by atoms with Gasteiger partial charge < -0.3 is 20.3 Å². The molecular weight excluding hydrogens is 911 g/mol. The molecule has 0 bridgehead atoms. The van der Waals surface area contributed by atoms with Crippen LogP contribution in [-0.4, -0.2) is 47.4 Å². The van der Waals surface area contributed by atoms with Crippen molar-refractivity contribution < 1.29 is 24.5 Å². The second kappa shape index (κ2) is 63.4. The minimum Gasteiger partial charge on any atom is -0.466 e. The number of hydrogen-bond acceptors (Lipinski definition) is 5. The van der Waals surface area contributed by atoms with Crippen molar-refractivity contribution in [1.29, 1.82) is 0 Å². The Morgan fingerprint density at radius 1 is 0.378 bits per heavy atom. The molecule has 1 amide bonds. The first-order chi connectivity index (χ1) is 36.5. The summed E-state index contributed by atoms with van der Waals surface area (Å²) in [6.45, 7) is 4.89. The van der Waals surface area contributed by atoms with Gasteiger partial charge in [-0.1, -0.05) is 294 Å². The van der Waals surface area contributed by atoms with Crippen LogP contribution in [0.4, 0.5) is 0 Å². The van der Waals surface area contributed by atoms with Gasteiger partial charge in [0.2, 0.25) is 5.91 Å². The molecular formula is C68H127NO5. The summed E-state index contributed by atoms with van der Waals surface area (Å²) in [5, 5.41) is 23.1. The molecule has 434 valence electrons. The number of aliphatic hydroxyl groups is 2. The van der Waals surface area contributed by atoms with Crippen molar-refractivity contribution in [3.05, 3.63) is 48.6 Å². The smallest absolute Gasteiger partial charge is 0.305 e. The van der Waals surface area contributed by atoms with Crippen LogP contribution in [0.15, 0.2) is 48.6 Å². The van der Waals surface area contributed by atoms with Gasteiger partial charge in [0.05, 0.1) is 25.4 Å². The summed E-state index contributed by atoms with van der Waals surface area (Å²) < 4.78 is 5.48. The average molecular weight is 1040 g/mol. The number of hydrogen-bond donors (Lipinski definition) is 3. The van der Waals surface area contributed by atoms with E-state index in [0.717, 1.165) is 51.4 Å². The van der Waals surface area contributed by atoms with E-state index in [1.54, 1.807) is 6.08 Å². The van der Waals surface area contributed by atoms with E-state index in [-0.39, 0.29) is 18.5 Å². The summed E-state index contributed by atoms with van der Waals surface area (Å²) in [4.78, 5) is 24.5. The van der Waals surface area contributed by atoms with Crippen LogP contribution < -0.4 is 5.32 Å². The summed E-state index contributed by atoms with van der Waals surface area (Å²) in [7, 11) is 0. The molecule has 2 unspecified atom stereocenters. The van der Waals surface area contributed by atoms with Crippen molar-refractivity contribution in [3.8, 4) is 0 Å². The van der Waals surface area contributed by atoms with E-state index in [9.17, 15) is 19.8 Å². The second-order valence-corrected chi connectivity index (χ2v) is 22.4. The van der Waals surface area contributed by atoms with Gasteiger partial charge in [-0.3, -0.25) is 9.59 Å². The largest absolute Gasteiger partial charge is 0.466 e. The molecule has 0 aliphatic heterocycles. The Morgan fingerprint density at radius 2 is 0.676 bits per heavy atom. The molecule has 6 heteroatoms. The lowest BCUT2D eigenvalue weighted by Crippen LogP contribution is -2.45. The highest BCUT2D eigenvalue weighted by Crippen LogP contribution is 2.17. The van der Waals surface area contributed by atoms with Gasteiger partial charge >= 0.3 is 5.97 Å². The minimum absolute atomic E-state index is 0.00410. The lowest BCUT2D eigenvalue weighted by Gasteiger charge is -2.20. The lowest BCUT2D eigenvalue weighted by molar-refractivity contribution is -0.143. The van der Waals surface area contributed by atoms with Crippen LogP contribution >= 0.6 is 0 Å². The molecule has 74 heavy (non-hydrogen) atoms. The van der Waals surface area contributed by atoms with Crippen molar-refractivity contribution in [1.82, 2.24) is 5.32 Å². The third-order valence-corrected chi connectivity index (χ3v) is 15.1. The van der Waals surface area contributed by atoms with Gasteiger partial charge in [-0.2, -0.15) is 0 Å². The maximum atomic E-state index is 12.4. The van der Waals surface area contributed by atoms with Crippen LogP contribution in [0.2, 0.25) is 0 Å². The fourth-order valence-electron chi connectivity index (χ4n) is 10.0. The maximum Gasteiger partial charge on any atom is 0.305 e. The lowest BCUT2D eigenvalue weighted by atomic mass is 10.0. The SMILES string of the molecule is CCCCCCC/C=C\CCCCCCCC(=O)OCCCCCCCCCCC/C=C\C/C=C\CCCCCCCCCCCCCCCCCC(=O)NC(CO)C(O)/C=C/CCCCCCCCCCCC. The molecule has 0 spiro atoms. The molecule has 0 aliphatic carbocycles. The zero-order chi connectivity index (χ0) is 53.6. The van der Waals surface area contributed by atoms with Gasteiger partial charge in [0, 0.05) is 12.8 Å². The van der Waals surface area contributed by atoms with Crippen LogP contribution in [0.25, 0.3) is 0 Å². The Kier molecular flexibility index (Phi) is 61.5. The van der Waals surface area contributed by atoms with Crippen molar-refractivity contribution in [2.24, 2.45) is 0 Å². The summed E-state index contributed by atoms with van der Waals surface area (Å²) >= 11 is 0. The molecule has 0 heterocycles. The number of aliphatic hydroxyl groups excluding tert-OH is 2. The van der Waals surface area contributed by atoms with E-state index in [2.05, 4.69) is 55.6 Å². The van der Waals surface area contributed by atoms with Crippen LogP contribution in [0.3, 0.4) is 0 Å². The topological polar surface area (TPSA) is 95.9 Å². The Hall–Kier alpha value is -2.18. The summed E-state index contributed by atoms with van der Waals surface area (Å²) in [5.74, 6) is -0.0635. The molecule has 0 aliphatic rings. The molecule has 3 N–H and O–H groups in total. The average Bonchev–Trinajstić information content (AvgIpc) is 3.40. The highest BCUT2D eigenvalue weighted by molar-refractivity contribution is 5.76. The molecule has 0 radical (unpaired) electrons. The summed E-state index contributed by atoms with van der Waals surface area (Å²) in [6, 6.07) is -0.627. The van der Waals surface area contributed by atoms with E-state index in [4.69, 9.17) is 4.74 Å². The van der Waals surface area contributed by atoms with Crippen molar-refractivity contribution in [2.75, 3.05) is 13.2 Å². The maximum absolute atomic E-state index is 12.4. The van der Waals surface area contributed by atoms with Crippen LogP contribution in [-0.2, 0) is 14.3 Å². The molecule has 0 saturated heterocycles. The summed E-state index contributed by atoms with van der Waals surface area (Å²) in [6.07, 6.45) is 81.8. The molecule has 6 nitrogen and oxygen atoms in total. The van der Waals surface area contributed by atoms with E-state index < -0.39 is 12.1 Å². The first-order valence-corrected chi connectivity index (χ1v) is 32.9. The third kappa shape index (κ3) is 59.1. The highest BCUT2D eigenvalue weighted by atomic mass is 16.5. The molecule has 0 aromatic carbocycles. The van der Waals surface area contributed by atoms with Gasteiger partial charge in [-0.15, -0.1) is 0 Å². The van der Waals surface area contributed by atoms with Crippen molar-refractivity contribution in [2.45, 2.75) is 360 Å². The molecule has 0 saturated carbocycles. The number of carbonyl (C=O) groups is 2. The summed E-state index contributed by atoms with van der Waals surface area (Å²) in [5.41, 5.74) is 0. The standard InChI is InChI=1S/C68H127NO5/c1-3-5-7-9-11-13-15-17-38-42-46-50-54-58-62-68(73)74-63-59-55-51-47-43-39-36-34-32-30-28-26-24-22-20-18-19-21-23-25-27-29-31-33-35-37-41-45-49-53-57-61-67(72)69-65(64-70)66(71)60-56-52-48-44-40-16-14-12-10-8-6-4-2/h15,17,20,22,26,28,56,60,65-66,70-71H,3-14,16,18-19,21,23-25,27,29-55,57-59,61-64H2,1-2H3,(H,69,72)/b17-15-,22-20-,28-26-,60-56+. The number of unbranched alkanes of at least 4 members (excludes halogenated alkanes) is 44. The van der Waals surface area contributed by atoms with Gasteiger partial charge in [0.1, 0.15) is 0 Å². The molecule has 0 aromatic rings. The molecule has 2 atom stereocenters. The number of carbonyl (C=O) groups excluding carboxylic acids is 2. The van der Waals surface area contributed by atoms with Crippen LogP contribution in [0.1, 0.15) is 348 Å². The second-order valence-electron chi connectivity index (χ2n) is 22.4. The molecule has 0 aromatic heterocycles. The monoisotopic (exact) mass is 1040 g/mol. The number of rotatable bonds is 61. The predicted molar refractivity (Wildman–Crippen MR) is 324 cm³/mol. The first kappa shape index (κ1) is 71.8. The Labute approximate surface area is 461 Å². The molecule has 0 rings (SSSR count). The first-order valence-electron chi connectivity index (χ1n) is 32.9. The quantitative estimate of drug-likeness (QED) is 0.0320. The van der Waals surface area contributed by atoms with Gasteiger partial charge in [-0.05, 0) is 89.9 Å². The van der Waals surface area contributed by atoms with Gasteiger partial charge in [0.25, 0.3) is 0 Å². The number of amides is 1. The van der Waals surface area contributed by atoms with E-state index in [1.165, 1.54) is 270 Å². The van der Waals surface area contributed by atoms with Crippen molar-refractivity contribution >= 4 is 11.9 Å². The number of nitrogens with one attached hydrogen (secondary N) is 1. The Balaban J connectivity index is 3.40. The minimum atomic E-state index is -0.843. The van der Waals surface area contributed by atoms with E-state index in [0.29, 0.717) is 19.4 Å². The zero-order valence-corrected chi connectivity index (χ0v) is 49.6. The zero-order valence-electron chi connectivity index (χ0n) is 49.6. The van der Waals surface area contributed by atoms with E-state index >= 15 is 0 Å². The van der Waals surface area contributed by atoms with E-state index in [1.807, 2.05) is 6.08 Å². The van der Waals surface area contributed by atoms with Crippen molar-refractivity contribution in [3.63, 3.8) is 0 Å². The van der Waals surface area contributed by atoms with Crippen LogP contribution in [0.5, 0.6) is 0 Å². The number of ether oxygens (including phenoxy) is 1. The van der Waals surface area contributed by atoms with Crippen LogP contribution in [0, 0.1) is 0 Å². The Bertz CT molecular complexity index is 1240. The highest BCUT2D eigenvalue weighted by Gasteiger charge is 2.18. The fourth-order valence-corrected chi connectivity index (χ4v) is 10.0.